The number of aliphatic imine (C=N–C) groups is 4. The summed E-state index contributed by atoms with van der Waals surface area (Å²) in [6.45, 7) is 14.3. The quantitative estimate of drug-likeness (QED) is 0.00924. The van der Waals surface area contributed by atoms with Crippen molar-refractivity contribution in [3.63, 3.8) is 0 Å². The fourth-order valence-corrected chi connectivity index (χ4v) is 10.1. The van der Waals surface area contributed by atoms with E-state index in [0.29, 0.717) is 107 Å². The predicted molar refractivity (Wildman–Crippen MR) is 417 cm³/mol. The molecule has 0 aliphatic heterocycles. The van der Waals surface area contributed by atoms with Crippen molar-refractivity contribution in [3.05, 3.63) is 173 Å². The van der Waals surface area contributed by atoms with E-state index < -0.39 is 33.4 Å². The molecule has 0 spiro atoms. The molecule has 2 atom stereocenters. The van der Waals surface area contributed by atoms with E-state index in [9.17, 15) is 26.3 Å². The number of benzene rings is 6. The molecular formula is C75H100Br3ClF6N10O7. The third kappa shape index (κ3) is 45.5. The molecule has 0 fully saturated rings. The van der Waals surface area contributed by atoms with Gasteiger partial charge in [-0.25, -0.2) is 22.0 Å². The molecule has 27 heteroatoms. The number of alkyl halides is 6. The summed E-state index contributed by atoms with van der Waals surface area (Å²) in [5.41, 5.74) is 24.5. The lowest BCUT2D eigenvalue weighted by atomic mass is 10.1. The van der Waals surface area contributed by atoms with E-state index in [2.05, 4.69) is 67.8 Å². The first-order chi connectivity index (χ1) is 48.8. The monoisotopic (exact) mass is 1640 g/mol. The Balaban J connectivity index is 0.000000612. The van der Waals surface area contributed by atoms with Gasteiger partial charge in [0.15, 0.2) is 0 Å². The molecule has 17 nitrogen and oxygen atoms in total. The van der Waals surface area contributed by atoms with Gasteiger partial charge >= 0.3 is 0 Å². The van der Waals surface area contributed by atoms with E-state index in [1.165, 1.54) is 5.56 Å². The molecule has 2 unspecified atom stereocenters. The number of rotatable bonds is 38. The zero-order chi connectivity index (χ0) is 76.0. The molecule has 0 saturated heterocycles. The lowest BCUT2D eigenvalue weighted by Crippen LogP contribution is -2.07. The molecule has 0 radical (unpaired) electrons. The number of amidine groups is 3. The summed E-state index contributed by atoms with van der Waals surface area (Å²) in [6.07, 6.45) is 6.68. The normalized spacial score (nSPS) is 11.6. The summed E-state index contributed by atoms with van der Waals surface area (Å²) in [7, 11) is 0. The smallest absolute Gasteiger partial charge is 0.137 e. The van der Waals surface area contributed by atoms with Gasteiger partial charge in [0.1, 0.15) is 101 Å². The van der Waals surface area contributed by atoms with Gasteiger partial charge < -0.3 is 66.6 Å². The second-order valence-corrected chi connectivity index (χ2v) is 25.3. The van der Waals surface area contributed by atoms with E-state index in [1.807, 2.05) is 124 Å². The molecule has 0 saturated carbocycles. The second-order valence-electron chi connectivity index (χ2n) is 22.4. The zero-order valence-corrected chi connectivity index (χ0v) is 65.0. The first-order valence-electron chi connectivity index (χ1n) is 32.8. The van der Waals surface area contributed by atoms with Gasteiger partial charge in [-0.15, -0.1) is 0 Å². The number of nitrogens with zero attached hydrogens (tertiary/aromatic N) is 4. The summed E-state index contributed by atoms with van der Waals surface area (Å²) in [4.78, 5) is 16.7. The van der Waals surface area contributed by atoms with E-state index in [4.69, 9.17) is 78.2 Å². The maximum Gasteiger partial charge on any atom is 0.137 e. The van der Waals surface area contributed by atoms with Gasteiger partial charge in [0, 0.05) is 36.3 Å². The Labute approximate surface area is 628 Å². The Hall–Kier alpha value is -7.52. The fraction of sp³-hybridized carbons (Fsp3) is 0.427. The molecule has 9 N–H and O–H groups in total. The average Bonchev–Trinajstić information content (AvgIpc) is 0.872. The number of hydrogen-bond acceptors (Lipinski definition) is 14. The third-order valence-corrected chi connectivity index (χ3v) is 15.0. The molecular weight excluding hydrogens is 1540 g/mol. The highest BCUT2D eigenvalue weighted by Gasteiger charge is 2.10. The molecule has 0 bridgehead atoms. The van der Waals surface area contributed by atoms with Crippen LogP contribution in [0.1, 0.15) is 127 Å². The zero-order valence-electron chi connectivity index (χ0n) is 59.5. The van der Waals surface area contributed by atoms with Crippen molar-refractivity contribution in [2.75, 3.05) is 99.4 Å². The first-order valence-corrected chi connectivity index (χ1v) is 35.6. The highest BCUT2D eigenvalue weighted by molar-refractivity contribution is 9.11. The Bertz CT molecular complexity index is 3460. The van der Waals surface area contributed by atoms with E-state index in [-0.39, 0.29) is 51.8 Å². The Morgan fingerprint density at radius 1 is 0.471 bits per heavy atom. The topological polar surface area (TPSA) is 264 Å². The molecule has 6 aromatic carbocycles. The SMILES string of the molecule is CC(=N)CCCc1ccc(OCCCF)c(Cl)c1.CC(=N)CN=Cc1ccc(OCCF)c(Br)c1.CC(=N)COCc1ccc(OCCF)c(Br)c1.CC(N)=NC(C)c1ccc(OCCF)c(Br)c1.CC(N)=NC(C)c1ccc(OCCF)cc1.CC(N)=NCCCc1ccc(OCCF)cc1. The highest BCUT2D eigenvalue weighted by atomic mass is 79.9. The van der Waals surface area contributed by atoms with Crippen LogP contribution < -0.4 is 45.6 Å². The molecule has 562 valence electrons. The lowest BCUT2D eigenvalue weighted by Gasteiger charge is -2.11. The molecule has 102 heavy (non-hydrogen) atoms. The number of hydrogen-bond donors (Lipinski definition) is 6. The van der Waals surface area contributed by atoms with E-state index in [1.54, 1.807) is 59.0 Å². The molecule has 6 rings (SSSR count). The summed E-state index contributed by atoms with van der Waals surface area (Å²) in [6, 6.07) is 37.4. The molecule has 6 aromatic rings. The second kappa shape index (κ2) is 57.0. The standard InChI is InChI=1S/C14H19ClFNO.C13H19FN2O.C12H16BrFN2O.C12H14BrFN2O.C12H15BrFNO2.C12H17FN2O/c1-11(17)4-2-5-12-6-7-14(13(15)10-12)18-9-3-8-16;1-11(15)16-9-2-3-12-4-6-13(7-5-12)17-10-8-14;1-8(16-9(2)15)10-3-4-12(11(13)7-10)17-6-5-14;2*1-9(15)7-16-8-10-2-3-12(11(13)6-10)17-5-4-14;1-9(15-10(2)14)11-3-5-12(6-4-11)16-8-7-13/h6-7,10,17H,2-5,8-9H2,1H3;4-7H,2-3,8-10H2,1H3,(H2,15,16);3-4,7-8H,5-6H2,1-2H3,(H2,15,16);2-3,6,8,15H,4-5,7H2,1H3;2-3,6,15H,4-5,7-8H2,1H3;3-6,9H,7-8H2,1-2H3,(H2,14,15). The number of aryl methyl sites for hydroxylation is 2. The van der Waals surface area contributed by atoms with Crippen molar-refractivity contribution in [3.8, 4) is 34.5 Å². The Morgan fingerprint density at radius 3 is 1.39 bits per heavy atom. The summed E-state index contributed by atoms with van der Waals surface area (Å²) >= 11 is 16.2. The van der Waals surface area contributed by atoms with Gasteiger partial charge in [-0.1, -0.05) is 54.1 Å². The van der Waals surface area contributed by atoms with Crippen molar-refractivity contribution in [2.24, 2.45) is 37.2 Å². The molecule has 0 aromatic heterocycles. The number of halogens is 10. The van der Waals surface area contributed by atoms with Crippen LogP contribution in [0.4, 0.5) is 26.3 Å². The predicted octanol–water partition coefficient (Wildman–Crippen LogP) is 19.1. The third-order valence-electron chi connectivity index (χ3n) is 12.9. The van der Waals surface area contributed by atoms with Crippen LogP contribution in [0.2, 0.25) is 5.02 Å². The van der Waals surface area contributed by atoms with Crippen LogP contribution in [-0.2, 0) is 24.2 Å². The first kappa shape index (κ1) is 92.5. The average molecular weight is 1640 g/mol. The van der Waals surface area contributed by atoms with Gasteiger partial charge in [-0.3, -0.25) is 24.4 Å². The maximum atomic E-state index is 12.0. The van der Waals surface area contributed by atoms with Crippen LogP contribution >= 0.6 is 59.4 Å². The van der Waals surface area contributed by atoms with Crippen molar-refractivity contribution in [1.29, 1.82) is 16.2 Å². The van der Waals surface area contributed by atoms with Crippen molar-refractivity contribution < 1.29 is 59.5 Å². The van der Waals surface area contributed by atoms with Crippen LogP contribution in [0, 0.1) is 16.2 Å². The van der Waals surface area contributed by atoms with E-state index >= 15 is 0 Å². The minimum absolute atomic E-state index is 0.00785. The van der Waals surface area contributed by atoms with Gasteiger partial charge in [-0.05, 0) is 248 Å². The number of nitrogens with one attached hydrogen (secondary N) is 3. The van der Waals surface area contributed by atoms with Gasteiger partial charge in [-0.2, -0.15) is 0 Å². The summed E-state index contributed by atoms with van der Waals surface area (Å²) in [5, 5.41) is 22.4. The minimum Gasteiger partial charge on any atom is -0.492 e. The fourth-order valence-electron chi connectivity index (χ4n) is 8.23. The highest BCUT2D eigenvalue weighted by Crippen LogP contribution is 2.31. The largest absolute Gasteiger partial charge is 0.492 e. The summed E-state index contributed by atoms with van der Waals surface area (Å²) < 4.78 is 110. The maximum absolute atomic E-state index is 12.0. The van der Waals surface area contributed by atoms with Crippen molar-refractivity contribution >= 4 is 100 Å². The van der Waals surface area contributed by atoms with Gasteiger partial charge in [0.2, 0.25) is 0 Å². The van der Waals surface area contributed by atoms with Gasteiger partial charge in [0.05, 0.1) is 81.1 Å². The van der Waals surface area contributed by atoms with Crippen LogP contribution in [0.25, 0.3) is 0 Å². The number of nitrogens with two attached hydrogens (primary N) is 3. The van der Waals surface area contributed by atoms with Gasteiger partial charge in [0.25, 0.3) is 0 Å². The molecule has 0 amide bonds. The summed E-state index contributed by atoms with van der Waals surface area (Å²) in [5.74, 6) is 5.59. The molecule has 0 aliphatic carbocycles. The van der Waals surface area contributed by atoms with E-state index in [0.717, 1.165) is 79.9 Å². The van der Waals surface area contributed by atoms with Crippen LogP contribution in [-0.4, -0.2) is 140 Å². The minimum atomic E-state index is -0.506. The molecule has 0 aliphatic rings. The number of ether oxygens (including phenoxy) is 7. The van der Waals surface area contributed by atoms with Crippen molar-refractivity contribution in [2.45, 2.75) is 113 Å². The Kier molecular flexibility index (Phi) is 51.6. The van der Waals surface area contributed by atoms with Crippen LogP contribution in [0.15, 0.2) is 155 Å². The Morgan fingerprint density at radius 2 is 0.922 bits per heavy atom. The molecule has 0 heterocycles. The van der Waals surface area contributed by atoms with Crippen LogP contribution in [0.3, 0.4) is 0 Å². The van der Waals surface area contributed by atoms with Crippen molar-refractivity contribution in [1.82, 2.24) is 0 Å². The lowest BCUT2D eigenvalue weighted by molar-refractivity contribution is 0.157. The van der Waals surface area contributed by atoms with Crippen LogP contribution in [0.5, 0.6) is 34.5 Å².